The fraction of sp³-hybridized carbons (Fsp3) is 0.690. The zero-order valence-electron chi connectivity index (χ0n) is 22.0. The second-order valence-corrected chi connectivity index (χ2v) is 11.9. The summed E-state index contributed by atoms with van der Waals surface area (Å²) in [5.74, 6) is 2.54. The highest BCUT2D eigenvalue weighted by molar-refractivity contribution is 5.97. The van der Waals surface area contributed by atoms with Crippen molar-refractivity contribution in [3.8, 4) is 11.5 Å². The zero-order valence-corrected chi connectivity index (χ0v) is 22.0. The lowest BCUT2D eigenvalue weighted by Gasteiger charge is -2.70. The van der Waals surface area contributed by atoms with Crippen LogP contribution in [0.4, 0.5) is 0 Å². The average molecular weight is 495 g/mol. The number of nitrogens with zero attached hydrogens (tertiary/aromatic N) is 2. The Hall–Kier alpha value is -2.09. The quantitative estimate of drug-likeness (QED) is 0.554. The molecule has 0 N–H and O–H groups in total. The summed E-state index contributed by atoms with van der Waals surface area (Å²) in [7, 11) is 7.03. The third-order valence-corrected chi connectivity index (χ3v) is 10.6. The molecule has 5 atom stereocenters. The van der Waals surface area contributed by atoms with Gasteiger partial charge in [-0.15, -0.1) is 0 Å². The van der Waals surface area contributed by atoms with Crippen LogP contribution >= 0.6 is 0 Å². The van der Waals surface area contributed by atoms with Crippen LogP contribution in [0.2, 0.25) is 0 Å². The molecule has 2 saturated carbocycles. The minimum absolute atomic E-state index is 0.0342. The first kappa shape index (κ1) is 23.1. The molecular formula is C29H38N2O5. The molecule has 2 aliphatic heterocycles. The molecule has 2 spiro atoms. The molecule has 2 heterocycles. The lowest BCUT2D eigenvalue weighted by atomic mass is 9.37. The van der Waals surface area contributed by atoms with Gasteiger partial charge in [0.25, 0.3) is 5.91 Å². The van der Waals surface area contributed by atoms with Crippen molar-refractivity contribution >= 4 is 5.91 Å². The van der Waals surface area contributed by atoms with Crippen molar-refractivity contribution < 1.29 is 23.7 Å². The lowest BCUT2D eigenvalue weighted by molar-refractivity contribution is -0.198. The molecule has 194 valence electrons. The fourth-order valence-corrected chi connectivity index (χ4v) is 8.78. The Labute approximate surface area is 213 Å². The van der Waals surface area contributed by atoms with E-state index in [2.05, 4.69) is 23.1 Å². The number of amides is 1. The summed E-state index contributed by atoms with van der Waals surface area (Å²) in [4.78, 5) is 18.6. The summed E-state index contributed by atoms with van der Waals surface area (Å²) < 4.78 is 24.5. The predicted octanol–water partition coefficient (Wildman–Crippen LogP) is 2.94. The number of fused-ring (bicyclic) bond motifs is 1. The number of likely N-dealkylation sites (N-methyl/N-ethyl adjacent to an activating group) is 1. The Morgan fingerprint density at radius 2 is 2.03 bits per heavy atom. The van der Waals surface area contributed by atoms with Gasteiger partial charge in [-0.05, 0) is 62.6 Å². The van der Waals surface area contributed by atoms with Crippen molar-refractivity contribution in [2.45, 2.75) is 61.7 Å². The highest BCUT2D eigenvalue weighted by Gasteiger charge is 2.79. The summed E-state index contributed by atoms with van der Waals surface area (Å²) in [5.41, 5.74) is 2.39. The van der Waals surface area contributed by atoms with Crippen molar-refractivity contribution in [2.24, 2.45) is 11.3 Å². The van der Waals surface area contributed by atoms with Crippen molar-refractivity contribution in [3.63, 3.8) is 0 Å². The van der Waals surface area contributed by atoms with Crippen LogP contribution < -0.4 is 9.47 Å². The van der Waals surface area contributed by atoms with Crippen LogP contribution in [0.1, 0.15) is 43.2 Å². The Morgan fingerprint density at radius 1 is 1.19 bits per heavy atom. The highest BCUT2D eigenvalue weighted by Crippen LogP contribution is 2.75. The molecule has 8 rings (SSSR count). The van der Waals surface area contributed by atoms with Crippen LogP contribution in [0.15, 0.2) is 23.8 Å². The number of methoxy groups -OCH3 is 3. The first-order valence-corrected chi connectivity index (χ1v) is 13.6. The minimum Gasteiger partial charge on any atom is -0.493 e. The van der Waals surface area contributed by atoms with E-state index in [0.29, 0.717) is 19.2 Å². The highest BCUT2D eigenvalue weighted by atomic mass is 16.6. The summed E-state index contributed by atoms with van der Waals surface area (Å²) >= 11 is 0. The van der Waals surface area contributed by atoms with E-state index in [0.717, 1.165) is 55.2 Å². The van der Waals surface area contributed by atoms with Crippen molar-refractivity contribution in [1.82, 2.24) is 9.80 Å². The smallest absolute Gasteiger partial charge is 0.252 e. The van der Waals surface area contributed by atoms with Crippen molar-refractivity contribution in [3.05, 3.63) is 34.9 Å². The normalized spacial score (nSPS) is 37.3. The van der Waals surface area contributed by atoms with Gasteiger partial charge in [-0.2, -0.15) is 0 Å². The van der Waals surface area contributed by atoms with Gasteiger partial charge in [0.2, 0.25) is 0 Å². The molecule has 0 aromatic heterocycles. The molecular weight excluding hydrogens is 456 g/mol. The van der Waals surface area contributed by atoms with E-state index in [4.69, 9.17) is 18.9 Å². The monoisotopic (exact) mass is 494 g/mol. The van der Waals surface area contributed by atoms with Crippen LogP contribution in [0.3, 0.4) is 0 Å². The van der Waals surface area contributed by atoms with Gasteiger partial charge in [0.1, 0.15) is 11.7 Å². The van der Waals surface area contributed by atoms with Gasteiger partial charge < -0.3 is 23.8 Å². The van der Waals surface area contributed by atoms with Crippen molar-refractivity contribution in [2.75, 3.05) is 54.6 Å². The number of ether oxygens (including phenoxy) is 4. The Morgan fingerprint density at radius 3 is 2.75 bits per heavy atom. The van der Waals surface area contributed by atoms with Gasteiger partial charge in [-0.25, -0.2) is 0 Å². The Kier molecular flexibility index (Phi) is 4.94. The van der Waals surface area contributed by atoms with E-state index in [1.165, 1.54) is 30.5 Å². The van der Waals surface area contributed by atoms with E-state index in [-0.39, 0.29) is 22.8 Å². The average Bonchev–Trinajstić information content (AvgIpc) is 3.65. The molecule has 1 saturated heterocycles. The zero-order chi connectivity index (χ0) is 24.9. The molecule has 36 heavy (non-hydrogen) atoms. The number of carbonyl (C=O) groups excluding carboxylic acids is 1. The second-order valence-electron chi connectivity index (χ2n) is 11.9. The number of likely N-dealkylation sites (tertiary alicyclic amines) is 1. The first-order valence-electron chi connectivity index (χ1n) is 13.6. The van der Waals surface area contributed by atoms with Gasteiger partial charge in [-0.1, -0.05) is 12.1 Å². The number of benzene rings is 1. The maximum atomic E-state index is 14.0. The number of rotatable bonds is 8. The maximum Gasteiger partial charge on any atom is 0.252 e. The maximum absolute atomic E-state index is 14.0. The first-order chi connectivity index (χ1) is 17.5. The molecule has 3 fully saturated rings. The molecule has 7 aliphatic rings. The van der Waals surface area contributed by atoms with E-state index in [9.17, 15) is 4.79 Å². The Bertz CT molecular complexity index is 1150. The molecule has 0 unspecified atom stereocenters. The van der Waals surface area contributed by atoms with Gasteiger partial charge in [-0.3, -0.25) is 9.69 Å². The van der Waals surface area contributed by atoms with Crippen LogP contribution in [0.25, 0.3) is 0 Å². The fourth-order valence-electron chi connectivity index (χ4n) is 8.78. The van der Waals surface area contributed by atoms with Crippen molar-refractivity contribution in [1.29, 1.82) is 0 Å². The van der Waals surface area contributed by atoms with Gasteiger partial charge in [0, 0.05) is 57.0 Å². The van der Waals surface area contributed by atoms with Crippen LogP contribution in [-0.2, 0) is 26.1 Å². The molecule has 0 radical (unpaired) electrons. The van der Waals surface area contributed by atoms with Gasteiger partial charge in [0.15, 0.2) is 11.5 Å². The van der Waals surface area contributed by atoms with Crippen LogP contribution in [0, 0.1) is 11.3 Å². The second kappa shape index (κ2) is 7.71. The number of carbonyl (C=O) groups is 1. The number of hydrogen-bond donors (Lipinski definition) is 0. The van der Waals surface area contributed by atoms with E-state index >= 15 is 0 Å². The topological polar surface area (TPSA) is 60.5 Å². The molecule has 7 nitrogen and oxygen atoms in total. The number of piperidine rings is 1. The summed E-state index contributed by atoms with van der Waals surface area (Å²) in [6, 6.07) is 4.70. The molecule has 1 aromatic rings. The van der Waals surface area contributed by atoms with E-state index in [1.807, 2.05) is 7.05 Å². The van der Waals surface area contributed by atoms with Crippen LogP contribution in [0.5, 0.6) is 11.5 Å². The Balaban J connectivity index is 1.44. The van der Waals surface area contributed by atoms with Gasteiger partial charge >= 0.3 is 0 Å². The molecule has 7 heteroatoms. The standard InChI is InChI=1S/C29H38N2O5/c1-30(13-14-33-2)25(32)20-16-27-9-10-29(20,35-4)26-28(27)11-12-31(17-18-5-6-18)22(27)15-19-7-8-21(34-3)24(36-26)23(19)28/h7-8,16,18,22,26H,5-6,9-15,17H2,1-4H3/t22-,26-,27-,28+,29-/m1/s1. The molecule has 4 bridgehead atoms. The largest absolute Gasteiger partial charge is 0.493 e. The summed E-state index contributed by atoms with van der Waals surface area (Å²) in [6.45, 7) is 3.30. The van der Waals surface area contributed by atoms with E-state index < -0.39 is 5.60 Å². The summed E-state index contributed by atoms with van der Waals surface area (Å²) in [6.07, 6.45) is 8.67. The lowest BCUT2D eigenvalue weighted by Crippen LogP contribution is -2.78. The molecule has 5 aliphatic carbocycles. The van der Waals surface area contributed by atoms with Gasteiger partial charge in [0.05, 0.1) is 19.1 Å². The predicted molar refractivity (Wildman–Crippen MR) is 134 cm³/mol. The third-order valence-electron chi connectivity index (χ3n) is 10.6. The summed E-state index contributed by atoms with van der Waals surface area (Å²) in [5, 5.41) is 0. The van der Waals surface area contributed by atoms with E-state index in [1.54, 1.807) is 26.2 Å². The molecule has 1 aromatic carbocycles. The minimum atomic E-state index is -0.776. The number of hydrogen-bond acceptors (Lipinski definition) is 6. The molecule has 1 amide bonds. The van der Waals surface area contributed by atoms with Crippen LogP contribution in [-0.4, -0.2) is 88.1 Å². The third kappa shape index (κ3) is 2.62. The SMILES string of the molecule is COCCN(C)C(=O)C1=C[C@@]23CC[C@]1(OC)[C@@H]1Oc4c(OC)ccc5c4[C@@]12CCN(CC1CC1)[C@@H]3C5.